The number of aliphatic hydroxyl groups is 1. The topological polar surface area (TPSA) is 108 Å². The summed E-state index contributed by atoms with van der Waals surface area (Å²) >= 11 is 0. The molecule has 1 aromatic carbocycles. The minimum atomic E-state index is -0.993. The first-order valence-corrected chi connectivity index (χ1v) is 14.2. The molecule has 2 unspecified atom stereocenters. The highest BCUT2D eigenvalue weighted by atomic mass is 16.5. The quantitative estimate of drug-likeness (QED) is 0.379. The van der Waals surface area contributed by atoms with Crippen LogP contribution in [0.2, 0.25) is 0 Å². The van der Waals surface area contributed by atoms with E-state index in [9.17, 15) is 14.4 Å². The van der Waals surface area contributed by atoms with Crippen molar-refractivity contribution >= 4 is 23.4 Å². The van der Waals surface area contributed by atoms with Crippen molar-refractivity contribution in [1.82, 2.24) is 10.2 Å². The molecule has 0 radical (unpaired) electrons. The molecule has 3 aliphatic rings. The van der Waals surface area contributed by atoms with Gasteiger partial charge in [0.15, 0.2) is 0 Å². The van der Waals surface area contributed by atoms with Gasteiger partial charge in [-0.05, 0) is 63.5 Å². The van der Waals surface area contributed by atoms with Gasteiger partial charge in [-0.2, -0.15) is 0 Å². The molecule has 3 saturated heterocycles. The number of likely N-dealkylation sites (tertiary alicyclic amines) is 1. The van der Waals surface area contributed by atoms with Crippen molar-refractivity contribution < 1.29 is 24.2 Å². The highest BCUT2D eigenvalue weighted by Gasteiger charge is 2.74. The van der Waals surface area contributed by atoms with Crippen molar-refractivity contribution in [3.8, 4) is 0 Å². The fraction of sp³-hybridized carbons (Fsp3) is 0.700. The van der Waals surface area contributed by atoms with Crippen LogP contribution in [0.4, 0.5) is 5.69 Å². The van der Waals surface area contributed by atoms with Crippen molar-refractivity contribution in [3.05, 3.63) is 30.3 Å². The number of para-hydroxylation sites is 1. The summed E-state index contributed by atoms with van der Waals surface area (Å²) in [6, 6.07) is 8.47. The molecule has 3 aliphatic heterocycles. The smallest absolute Gasteiger partial charge is 0.246 e. The lowest BCUT2D eigenvalue weighted by atomic mass is 9.70. The van der Waals surface area contributed by atoms with Crippen LogP contribution in [0.5, 0.6) is 0 Å². The Morgan fingerprint density at radius 2 is 1.74 bits per heavy atom. The summed E-state index contributed by atoms with van der Waals surface area (Å²) in [7, 11) is 0. The molecular weight excluding hydrogens is 482 g/mol. The molecule has 3 amide bonds. The molecule has 1 aromatic rings. The second-order valence-corrected chi connectivity index (χ2v) is 13.2. The van der Waals surface area contributed by atoms with Crippen LogP contribution < -0.4 is 10.6 Å². The first-order chi connectivity index (χ1) is 17.9. The van der Waals surface area contributed by atoms with E-state index in [-0.39, 0.29) is 35.8 Å². The SMILES string of the molecule is CC(C)(C)CC(C)(C)NC(=O)C1N(CCCCCCO)C(=O)[C@@H]2[C@@H](C(=O)Nc3ccccc3)[C@H]3CCC12O3. The van der Waals surface area contributed by atoms with E-state index in [0.717, 1.165) is 32.1 Å². The van der Waals surface area contributed by atoms with Gasteiger partial charge in [-0.25, -0.2) is 0 Å². The molecule has 3 heterocycles. The molecule has 0 aromatic heterocycles. The van der Waals surface area contributed by atoms with E-state index in [1.54, 1.807) is 4.90 Å². The number of nitrogens with one attached hydrogen (secondary N) is 2. The van der Waals surface area contributed by atoms with Crippen molar-refractivity contribution in [3.63, 3.8) is 0 Å². The Kier molecular flexibility index (Phi) is 8.24. The van der Waals surface area contributed by atoms with Crippen LogP contribution in [0.25, 0.3) is 0 Å². The Morgan fingerprint density at radius 1 is 1.05 bits per heavy atom. The standard InChI is InChI=1S/C30H45N3O5/c1-28(2,3)19-29(4,5)32-26(36)24-30-16-15-21(38-30)22(25(35)31-20-13-9-8-10-14-20)23(30)27(37)33(24)17-11-6-7-12-18-34/h8-10,13-14,21-24,34H,6-7,11-12,15-19H2,1-5H3,(H,31,35)(H,32,36)/t21-,22+,23+,24?,30?/m1/s1. The molecule has 4 rings (SSSR count). The summed E-state index contributed by atoms with van der Waals surface area (Å²) < 4.78 is 6.53. The summed E-state index contributed by atoms with van der Waals surface area (Å²) in [5.74, 6) is -1.89. The largest absolute Gasteiger partial charge is 0.396 e. The van der Waals surface area contributed by atoms with Gasteiger partial charge in [0.2, 0.25) is 17.7 Å². The Bertz CT molecular complexity index is 1020. The van der Waals surface area contributed by atoms with E-state index in [2.05, 4.69) is 31.4 Å². The van der Waals surface area contributed by atoms with Crippen LogP contribution in [0.15, 0.2) is 30.3 Å². The van der Waals surface area contributed by atoms with E-state index in [1.165, 1.54) is 0 Å². The maximum atomic E-state index is 14.0. The number of hydrogen-bond acceptors (Lipinski definition) is 5. The van der Waals surface area contributed by atoms with Crippen LogP contribution in [0.3, 0.4) is 0 Å². The number of nitrogens with zero attached hydrogens (tertiary/aromatic N) is 1. The van der Waals surface area contributed by atoms with E-state index in [4.69, 9.17) is 9.84 Å². The number of ether oxygens (including phenoxy) is 1. The van der Waals surface area contributed by atoms with Gasteiger partial charge in [0.05, 0.1) is 17.9 Å². The number of aliphatic hydroxyl groups excluding tert-OH is 1. The minimum absolute atomic E-state index is 0.0123. The van der Waals surface area contributed by atoms with Gasteiger partial charge in [0, 0.05) is 24.4 Å². The summed E-state index contributed by atoms with van der Waals surface area (Å²) in [5, 5.41) is 15.3. The number of amides is 3. The van der Waals surface area contributed by atoms with Gasteiger partial charge in [0.25, 0.3) is 0 Å². The molecule has 0 aliphatic carbocycles. The van der Waals surface area contributed by atoms with Crippen molar-refractivity contribution in [2.24, 2.45) is 17.3 Å². The summed E-state index contributed by atoms with van der Waals surface area (Å²) in [4.78, 5) is 43.2. The van der Waals surface area contributed by atoms with Crippen LogP contribution in [0, 0.1) is 17.3 Å². The first-order valence-electron chi connectivity index (χ1n) is 14.2. The van der Waals surface area contributed by atoms with Gasteiger partial charge in [-0.1, -0.05) is 51.8 Å². The van der Waals surface area contributed by atoms with Crippen LogP contribution in [0.1, 0.15) is 79.6 Å². The number of carbonyl (C=O) groups is 3. The van der Waals surface area contributed by atoms with E-state index >= 15 is 0 Å². The number of carbonyl (C=O) groups excluding carboxylic acids is 3. The lowest BCUT2D eigenvalue weighted by Crippen LogP contribution is -2.59. The summed E-state index contributed by atoms with van der Waals surface area (Å²) in [5.41, 5.74) is -0.773. The zero-order valence-electron chi connectivity index (χ0n) is 23.6. The highest BCUT2D eigenvalue weighted by molar-refractivity contribution is 6.02. The maximum Gasteiger partial charge on any atom is 0.246 e. The third-order valence-electron chi connectivity index (χ3n) is 8.13. The maximum absolute atomic E-state index is 14.0. The van der Waals surface area contributed by atoms with Gasteiger partial charge in [-0.15, -0.1) is 0 Å². The van der Waals surface area contributed by atoms with Gasteiger partial charge in [-0.3, -0.25) is 14.4 Å². The summed E-state index contributed by atoms with van der Waals surface area (Å²) in [6.45, 7) is 11.0. The Labute approximate surface area is 226 Å². The zero-order chi connectivity index (χ0) is 27.7. The lowest BCUT2D eigenvalue weighted by molar-refractivity contribution is -0.142. The predicted octanol–water partition coefficient (Wildman–Crippen LogP) is 3.88. The molecule has 1 spiro atoms. The Morgan fingerprint density at radius 3 is 2.39 bits per heavy atom. The van der Waals surface area contributed by atoms with Crippen LogP contribution in [-0.4, -0.2) is 64.2 Å². The molecule has 3 fully saturated rings. The van der Waals surface area contributed by atoms with Gasteiger partial charge in [0.1, 0.15) is 11.6 Å². The lowest BCUT2D eigenvalue weighted by Gasteiger charge is -2.38. The van der Waals surface area contributed by atoms with Crippen molar-refractivity contribution in [2.75, 3.05) is 18.5 Å². The summed E-state index contributed by atoms with van der Waals surface area (Å²) in [6.07, 6.45) is 4.80. The average Bonchev–Trinajstić information content (AvgIpc) is 3.45. The van der Waals surface area contributed by atoms with Gasteiger partial charge < -0.3 is 25.4 Å². The van der Waals surface area contributed by atoms with Gasteiger partial charge >= 0.3 is 0 Å². The average molecular weight is 528 g/mol. The molecule has 3 N–H and O–H groups in total. The molecule has 0 saturated carbocycles. The normalized spacial score (nSPS) is 28.5. The van der Waals surface area contributed by atoms with Crippen molar-refractivity contribution in [1.29, 1.82) is 0 Å². The number of benzene rings is 1. The Hall–Kier alpha value is -2.45. The van der Waals surface area contributed by atoms with Crippen molar-refractivity contribution in [2.45, 2.75) is 103 Å². The molecule has 8 heteroatoms. The molecular formula is C30H45N3O5. The zero-order valence-corrected chi connectivity index (χ0v) is 23.6. The second-order valence-electron chi connectivity index (χ2n) is 13.2. The fourth-order valence-corrected chi connectivity index (χ4v) is 7.26. The van der Waals surface area contributed by atoms with E-state index in [0.29, 0.717) is 25.1 Å². The monoisotopic (exact) mass is 527 g/mol. The third-order valence-corrected chi connectivity index (χ3v) is 8.13. The fourth-order valence-electron chi connectivity index (χ4n) is 7.26. The number of fused-ring (bicyclic) bond motifs is 1. The molecule has 2 bridgehead atoms. The van der Waals surface area contributed by atoms with Crippen LogP contribution in [-0.2, 0) is 19.1 Å². The molecule has 5 atom stereocenters. The highest BCUT2D eigenvalue weighted by Crippen LogP contribution is 2.58. The minimum Gasteiger partial charge on any atom is -0.396 e. The Balaban J connectivity index is 1.60. The van der Waals surface area contributed by atoms with Crippen LogP contribution >= 0.6 is 0 Å². The number of rotatable bonds is 11. The number of unbranched alkanes of at least 4 members (excludes halogenated alkanes) is 3. The van der Waals surface area contributed by atoms with E-state index < -0.39 is 29.0 Å². The first kappa shape index (κ1) is 28.6. The van der Waals surface area contributed by atoms with E-state index in [1.807, 2.05) is 44.2 Å². The number of hydrogen-bond donors (Lipinski definition) is 3. The second kappa shape index (κ2) is 11.0. The predicted molar refractivity (Wildman–Crippen MR) is 146 cm³/mol. The molecule has 210 valence electrons. The number of anilines is 1. The molecule has 8 nitrogen and oxygen atoms in total. The molecule has 38 heavy (non-hydrogen) atoms. The third kappa shape index (κ3) is 5.76.